The molecule has 0 saturated carbocycles. The molecule has 2 amide bonds. The molecule has 7 nitrogen and oxygen atoms in total. The molecule has 3 rings (SSSR count). The largest absolute Gasteiger partial charge is 0.376 e. The molecule has 1 saturated heterocycles. The SMILES string of the molecule is Cc1cc(C(=O)N(CCC(=O)N(C)Cc2ccccc2)C[C@H]2CCCO2)no1. The van der Waals surface area contributed by atoms with Crippen LogP contribution in [-0.2, 0) is 16.1 Å². The van der Waals surface area contributed by atoms with Gasteiger partial charge in [0.2, 0.25) is 5.91 Å². The van der Waals surface area contributed by atoms with E-state index in [1.165, 1.54) is 0 Å². The van der Waals surface area contributed by atoms with E-state index in [1.807, 2.05) is 30.3 Å². The van der Waals surface area contributed by atoms with Crippen molar-refractivity contribution in [3.05, 3.63) is 53.4 Å². The molecule has 0 bridgehead atoms. The number of carbonyl (C=O) groups excluding carboxylic acids is 2. The van der Waals surface area contributed by atoms with E-state index in [2.05, 4.69) is 5.16 Å². The number of aromatic nitrogens is 1. The fraction of sp³-hybridized carbons (Fsp3) is 0.476. The number of carbonyl (C=O) groups is 2. The van der Waals surface area contributed by atoms with E-state index < -0.39 is 0 Å². The van der Waals surface area contributed by atoms with Crippen LogP contribution in [-0.4, -0.2) is 59.6 Å². The van der Waals surface area contributed by atoms with E-state index in [1.54, 1.807) is 29.8 Å². The third-order valence-corrected chi connectivity index (χ3v) is 4.87. The minimum Gasteiger partial charge on any atom is -0.376 e. The Labute approximate surface area is 165 Å². The normalized spacial score (nSPS) is 16.1. The Balaban J connectivity index is 1.59. The van der Waals surface area contributed by atoms with Crippen LogP contribution >= 0.6 is 0 Å². The zero-order valence-electron chi connectivity index (χ0n) is 16.5. The quantitative estimate of drug-likeness (QED) is 0.698. The summed E-state index contributed by atoms with van der Waals surface area (Å²) in [5.41, 5.74) is 1.34. The van der Waals surface area contributed by atoms with Crippen molar-refractivity contribution in [2.45, 2.75) is 38.8 Å². The standard InChI is InChI=1S/C21H27N3O4/c1-16-13-19(22-28-16)21(26)24(15-18-9-6-12-27-18)11-10-20(25)23(2)14-17-7-4-3-5-8-17/h3-5,7-8,13,18H,6,9-12,14-15H2,1-2H3/t18-/m1/s1. The van der Waals surface area contributed by atoms with Crippen molar-refractivity contribution in [3.63, 3.8) is 0 Å². The van der Waals surface area contributed by atoms with Crippen LogP contribution in [0.15, 0.2) is 40.9 Å². The molecule has 0 N–H and O–H groups in total. The molecule has 1 fully saturated rings. The van der Waals surface area contributed by atoms with Crippen molar-refractivity contribution in [3.8, 4) is 0 Å². The number of rotatable bonds is 8. The molecular formula is C21H27N3O4. The Kier molecular flexibility index (Phi) is 6.81. The van der Waals surface area contributed by atoms with Crippen LogP contribution in [0.25, 0.3) is 0 Å². The Bertz CT molecular complexity index is 784. The van der Waals surface area contributed by atoms with E-state index >= 15 is 0 Å². The summed E-state index contributed by atoms with van der Waals surface area (Å²) in [6.07, 6.45) is 2.17. The Morgan fingerprint density at radius 2 is 2.04 bits per heavy atom. The summed E-state index contributed by atoms with van der Waals surface area (Å²) in [6.45, 7) is 3.79. The molecule has 1 atom stereocenters. The number of hydrogen-bond donors (Lipinski definition) is 0. The summed E-state index contributed by atoms with van der Waals surface area (Å²) in [5.74, 6) is 0.343. The predicted molar refractivity (Wildman–Crippen MR) is 104 cm³/mol. The summed E-state index contributed by atoms with van der Waals surface area (Å²) < 4.78 is 10.7. The second kappa shape index (κ2) is 9.50. The zero-order valence-corrected chi connectivity index (χ0v) is 16.5. The van der Waals surface area contributed by atoms with Crippen LogP contribution in [0.5, 0.6) is 0 Å². The maximum Gasteiger partial charge on any atom is 0.276 e. The van der Waals surface area contributed by atoms with Gasteiger partial charge in [0.25, 0.3) is 5.91 Å². The first kappa shape index (κ1) is 20.1. The van der Waals surface area contributed by atoms with E-state index in [0.717, 1.165) is 18.4 Å². The second-order valence-corrected chi connectivity index (χ2v) is 7.19. The fourth-order valence-corrected chi connectivity index (χ4v) is 3.31. The van der Waals surface area contributed by atoms with E-state index in [-0.39, 0.29) is 30.0 Å². The van der Waals surface area contributed by atoms with Crippen molar-refractivity contribution >= 4 is 11.8 Å². The number of ether oxygens (including phenoxy) is 1. The Morgan fingerprint density at radius 3 is 2.68 bits per heavy atom. The maximum atomic E-state index is 12.8. The van der Waals surface area contributed by atoms with Crippen LogP contribution < -0.4 is 0 Å². The predicted octanol–water partition coefficient (Wildman–Crippen LogP) is 2.65. The number of nitrogens with zero attached hydrogens (tertiary/aromatic N) is 3. The maximum absolute atomic E-state index is 12.8. The van der Waals surface area contributed by atoms with Gasteiger partial charge in [-0.25, -0.2) is 0 Å². The summed E-state index contributed by atoms with van der Waals surface area (Å²) >= 11 is 0. The molecule has 2 aromatic rings. The van der Waals surface area contributed by atoms with Crippen LogP contribution in [0, 0.1) is 6.92 Å². The molecule has 1 aliphatic heterocycles. The van der Waals surface area contributed by atoms with Gasteiger partial charge in [0.1, 0.15) is 5.76 Å². The highest BCUT2D eigenvalue weighted by Crippen LogP contribution is 2.16. The van der Waals surface area contributed by atoms with Crippen molar-refractivity contribution < 1.29 is 18.8 Å². The molecule has 28 heavy (non-hydrogen) atoms. The molecule has 0 aliphatic carbocycles. The second-order valence-electron chi connectivity index (χ2n) is 7.19. The van der Waals surface area contributed by atoms with Crippen molar-refractivity contribution in [1.29, 1.82) is 0 Å². The van der Waals surface area contributed by atoms with Gasteiger partial charge < -0.3 is 19.1 Å². The minimum atomic E-state index is -0.231. The lowest BCUT2D eigenvalue weighted by atomic mass is 10.2. The molecule has 1 aliphatic rings. The monoisotopic (exact) mass is 385 g/mol. The van der Waals surface area contributed by atoms with Gasteiger partial charge in [-0.15, -0.1) is 0 Å². The van der Waals surface area contributed by atoms with Gasteiger partial charge in [0.15, 0.2) is 5.69 Å². The third kappa shape index (κ3) is 5.42. The topological polar surface area (TPSA) is 75.9 Å². The number of aryl methyl sites for hydroxylation is 1. The van der Waals surface area contributed by atoms with Crippen LogP contribution in [0.2, 0.25) is 0 Å². The third-order valence-electron chi connectivity index (χ3n) is 4.87. The van der Waals surface area contributed by atoms with Crippen molar-refractivity contribution in [2.75, 3.05) is 26.7 Å². The molecule has 0 unspecified atom stereocenters. The lowest BCUT2D eigenvalue weighted by Gasteiger charge is -2.25. The van der Waals surface area contributed by atoms with Gasteiger partial charge in [-0.3, -0.25) is 9.59 Å². The lowest BCUT2D eigenvalue weighted by Crippen LogP contribution is -2.40. The lowest BCUT2D eigenvalue weighted by molar-refractivity contribution is -0.130. The van der Waals surface area contributed by atoms with Crippen LogP contribution in [0.1, 0.15) is 41.1 Å². The first-order valence-corrected chi connectivity index (χ1v) is 9.65. The molecule has 2 heterocycles. The van der Waals surface area contributed by atoms with Gasteiger partial charge in [-0.2, -0.15) is 0 Å². The van der Waals surface area contributed by atoms with Crippen LogP contribution in [0.4, 0.5) is 0 Å². The average Bonchev–Trinajstić information content (AvgIpc) is 3.36. The molecule has 150 valence electrons. The first-order valence-electron chi connectivity index (χ1n) is 9.65. The van der Waals surface area contributed by atoms with Gasteiger partial charge in [0, 0.05) is 45.8 Å². The highest BCUT2D eigenvalue weighted by molar-refractivity contribution is 5.92. The van der Waals surface area contributed by atoms with Crippen molar-refractivity contribution in [1.82, 2.24) is 15.0 Å². The fourth-order valence-electron chi connectivity index (χ4n) is 3.31. The highest BCUT2D eigenvalue weighted by Gasteiger charge is 2.26. The van der Waals surface area contributed by atoms with Crippen LogP contribution in [0.3, 0.4) is 0 Å². The van der Waals surface area contributed by atoms with Gasteiger partial charge in [0.05, 0.1) is 6.10 Å². The molecular weight excluding hydrogens is 358 g/mol. The van der Waals surface area contributed by atoms with E-state index in [0.29, 0.717) is 32.0 Å². The number of hydrogen-bond acceptors (Lipinski definition) is 5. The van der Waals surface area contributed by atoms with E-state index in [9.17, 15) is 9.59 Å². The van der Waals surface area contributed by atoms with Gasteiger partial charge >= 0.3 is 0 Å². The Hall–Kier alpha value is -2.67. The molecule has 0 spiro atoms. The van der Waals surface area contributed by atoms with E-state index in [4.69, 9.17) is 9.26 Å². The minimum absolute atomic E-state index is 0.00842. The summed E-state index contributed by atoms with van der Waals surface area (Å²) in [7, 11) is 1.78. The summed E-state index contributed by atoms with van der Waals surface area (Å²) in [6, 6.07) is 11.5. The number of benzene rings is 1. The molecule has 1 aromatic carbocycles. The smallest absolute Gasteiger partial charge is 0.276 e. The molecule has 1 aromatic heterocycles. The summed E-state index contributed by atoms with van der Waals surface area (Å²) in [4.78, 5) is 28.8. The van der Waals surface area contributed by atoms with Gasteiger partial charge in [-0.1, -0.05) is 35.5 Å². The zero-order chi connectivity index (χ0) is 19.9. The number of amides is 2. The average molecular weight is 385 g/mol. The molecule has 0 radical (unpaired) electrons. The van der Waals surface area contributed by atoms with Crippen molar-refractivity contribution in [2.24, 2.45) is 0 Å². The Morgan fingerprint density at radius 1 is 1.25 bits per heavy atom. The molecule has 7 heteroatoms. The highest BCUT2D eigenvalue weighted by atomic mass is 16.5. The first-order chi connectivity index (χ1) is 13.5. The summed E-state index contributed by atoms with van der Waals surface area (Å²) in [5, 5.41) is 3.83. The van der Waals surface area contributed by atoms with Gasteiger partial charge in [-0.05, 0) is 25.3 Å².